The molecule has 0 spiro atoms. The van der Waals surface area contributed by atoms with Crippen molar-refractivity contribution in [3.8, 4) is 0 Å². The van der Waals surface area contributed by atoms with Crippen molar-refractivity contribution >= 4 is 21.4 Å². The van der Waals surface area contributed by atoms with Gasteiger partial charge in [0.05, 0.1) is 29.5 Å². The summed E-state index contributed by atoms with van der Waals surface area (Å²) in [6, 6.07) is 9.65. The van der Waals surface area contributed by atoms with Crippen LogP contribution in [0, 0.1) is 0 Å². The van der Waals surface area contributed by atoms with Crippen molar-refractivity contribution in [3.05, 3.63) is 48.3 Å². The zero-order chi connectivity index (χ0) is 22.9. The predicted octanol–water partition coefficient (Wildman–Crippen LogP) is 3.05. The standard InChI is InChI=1S/C24H35N5O3S/c30-33(31,27-12-13-29-14-16-32-17-15-29)22-6-7-23(28-21-4-2-1-3-5-21)24(18-22)26-19-20-8-10-25-11-9-20/h6-11,18,21,26-28H,1-5,12-17,19H2. The average molecular weight is 474 g/mol. The number of aromatic nitrogens is 1. The summed E-state index contributed by atoms with van der Waals surface area (Å²) in [5, 5.41) is 7.08. The molecular formula is C24H35N5O3S. The molecule has 2 heterocycles. The molecule has 0 atom stereocenters. The van der Waals surface area contributed by atoms with Crippen molar-refractivity contribution in [2.45, 2.75) is 49.6 Å². The summed E-state index contributed by atoms with van der Waals surface area (Å²) in [4.78, 5) is 6.55. The Hall–Kier alpha value is -2.20. The van der Waals surface area contributed by atoms with Gasteiger partial charge in [0.1, 0.15) is 0 Å². The normalized spacial score (nSPS) is 18.2. The molecule has 9 heteroatoms. The molecule has 1 aromatic carbocycles. The number of rotatable bonds is 10. The van der Waals surface area contributed by atoms with E-state index in [2.05, 4.69) is 25.2 Å². The Balaban J connectivity index is 1.45. The number of sulfonamides is 1. The third-order valence-corrected chi connectivity index (χ3v) is 7.78. The lowest BCUT2D eigenvalue weighted by Crippen LogP contribution is -2.41. The smallest absolute Gasteiger partial charge is 0.240 e. The third-order valence-electron chi connectivity index (χ3n) is 6.32. The monoisotopic (exact) mass is 473 g/mol. The van der Waals surface area contributed by atoms with E-state index >= 15 is 0 Å². The van der Waals surface area contributed by atoms with E-state index in [4.69, 9.17) is 4.74 Å². The van der Waals surface area contributed by atoms with Crippen molar-refractivity contribution in [1.29, 1.82) is 0 Å². The minimum Gasteiger partial charge on any atom is -0.381 e. The zero-order valence-electron chi connectivity index (χ0n) is 19.1. The van der Waals surface area contributed by atoms with Gasteiger partial charge in [-0.15, -0.1) is 0 Å². The van der Waals surface area contributed by atoms with Crippen molar-refractivity contribution in [1.82, 2.24) is 14.6 Å². The maximum Gasteiger partial charge on any atom is 0.240 e. The highest BCUT2D eigenvalue weighted by Crippen LogP contribution is 2.29. The molecule has 2 fully saturated rings. The number of morpholine rings is 1. The largest absolute Gasteiger partial charge is 0.381 e. The van der Waals surface area contributed by atoms with Crippen molar-refractivity contribution in [2.75, 3.05) is 50.0 Å². The Kier molecular flexibility index (Phi) is 8.55. The Morgan fingerprint density at radius 3 is 2.52 bits per heavy atom. The van der Waals surface area contributed by atoms with E-state index in [0.717, 1.165) is 42.9 Å². The van der Waals surface area contributed by atoms with Crippen LogP contribution in [0.3, 0.4) is 0 Å². The maximum atomic E-state index is 13.0. The molecule has 180 valence electrons. The van der Waals surface area contributed by atoms with Crippen LogP contribution < -0.4 is 15.4 Å². The van der Waals surface area contributed by atoms with Crippen LogP contribution in [0.5, 0.6) is 0 Å². The molecule has 1 aliphatic carbocycles. The number of pyridine rings is 1. The van der Waals surface area contributed by atoms with Gasteiger partial charge in [-0.05, 0) is 48.7 Å². The van der Waals surface area contributed by atoms with Gasteiger partial charge in [0.15, 0.2) is 0 Å². The van der Waals surface area contributed by atoms with Gasteiger partial charge in [0, 0.05) is 51.2 Å². The number of hydrogen-bond acceptors (Lipinski definition) is 7. The summed E-state index contributed by atoms with van der Waals surface area (Å²) in [6.45, 7) is 4.74. The number of hydrogen-bond donors (Lipinski definition) is 3. The topological polar surface area (TPSA) is 95.6 Å². The van der Waals surface area contributed by atoms with Crippen LogP contribution in [0.15, 0.2) is 47.6 Å². The molecule has 2 aromatic rings. The first-order chi connectivity index (χ1) is 16.1. The fraction of sp³-hybridized carbons (Fsp3) is 0.542. The summed E-state index contributed by atoms with van der Waals surface area (Å²) >= 11 is 0. The van der Waals surface area contributed by atoms with Crippen LogP contribution in [0.4, 0.5) is 11.4 Å². The molecule has 0 amide bonds. The Labute approximate surface area is 197 Å². The molecule has 1 aliphatic heterocycles. The van der Waals surface area contributed by atoms with Gasteiger partial charge in [0.2, 0.25) is 10.0 Å². The van der Waals surface area contributed by atoms with Gasteiger partial charge in [-0.3, -0.25) is 9.88 Å². The SMILES string of the molecule is O=S(=O)(NCCN1CCOCC1)c1ccc(NC2CCCCC2)c(NCc2ccncc2)c1. The first-order valence-electron chi connectivity index (χ1n) is 11.9. The summed E-state index contributed by atoms with van der Waals surface area (Å²) < 4.78 is 34.1. The first kappa shape index (κ1) is 23.9. The zero-order valence-corrected chi connectivity index (χ0v) is 19.9. The second kappa shape index (κ2) is 11.8. The highest BCUT2D eigenvalue weighted by atomic mass is 32.2. The molecule has 0 unspecified atom stereocenters. The maximum absolute atomic E-state index is 13.0. The number of nitrogens with zero attached hydrogens (tertiary/aromatic N) is 2. The summed E-state index contributed by atoms with van der Waals surface area (Å²) in [5.41, 5.74) is 2.84. The molecule has 4 rings (SSSR count). The number of benzene rings is 1. The number of ether oxygens (including phenoxy) is 1. The van der Waals surface area contributed by atoms with Crippen LogP contribution in [-0.2, 0) is 21.3 Å². The lowest BCUT2D eigenvalue weighted by Gasteiger charge is -2.26. The molecular weight excluding hydrogens is 438 g/mol. The molecule has 2 aliphatic rings. The van der Waals surface area contributed by atoms with Gasteiger partial charge in [0.25, 0.3) is 0 Å². The fourth-order valence-corrected chi connectivity index (χ4v) is 5.42. The molecule has 33 heavy (non-hydrogen) atoms. The molecule has 1 saturated carbocycles. The van der Waals surface area contributed by atoms with E-state index in [1.54, 1.807) is 24.5 Å². The second-order valence-corrected chi connectivity index (χ2v) is 10.5. The second-order valence-electron chi connectivity index (χ2n) is 8.75. The van der Waals surface area contributed by atoms with Crippen molar-refractivity contribution < 1.29 is 13.2 Å². The van der Waals surface area contributed by atoms with E-state index < -0.39 is 10.0 Å². The van der Waals surface area contributed by atoms with Crippen LogP contribution in [0.1, 0.15) is 37.7 Å². The first-order valence-corrected chi connectivity index (χ1v) is 13.4. The average Bonchev–Trinajstić information content (AvgIpc) is 2.85. The van der Waals surface area contributed by atoms with Gasteiger partial charge in [-0.25, -0.2) is 13.1 Å². The third kappa shape index (κ3) is 7.14. The van der Waals surface area contributed by atoms with Gasteiger partial charge >= 0.3 is 0 Å². The number of nitrogens with one attached hydrogen (secondary N) is 3. The number of anilines is 2. The van der Waals surface area contributed by atoms with Gasteiger partial charge < -0.3 is 15.4 Å². The van der Waals surface area contributed by atoms with Crippen LogP contribution >= 0.6 is 0 Å². The van der Waals surface area contributed by atoms with Crippen LogP contribution in [0.2, 0.25) is 0 Å². The Bertz CT molecular complexity index is 975. The van der Waals surface area contributed by atoms with Gasteiger partial charge in [-0.2, -0.15) is 0 Å². The minimum absolute atomic E-state index is 0.274. The Morgan fingerprint density at radius 1 is 1.00 bits per heavy atom. The lowest BCUT2D eigenvalue weighted by molar-refractivity contribution is 0.0390. The highest BCUT2D eigenvalue weighted by Gasteiger charge is 2.19. The quantitative estimate of drug-likeness (QED) is 0.488. The molecule has 0 bridgehead atoms. The van der Waals surface area contributed by atoms with Crippen molar-refractivity contribution in [3.63, 3.8) is 0 Å². The molecule has 3 N–H and O–H groups in total. The van der Waals surface area contributed by atoms with E-state index in [1.807, 2.05) is 18.2 Å². The van der Waals surface area contributed by atoms with Crippen molar-refractivity contribution in [2.24, 2.45) is 0 Å². The fourth-order valence-electron chi connectivity index (χ4n) is 4.37. The molecule has 8 nitrogen and oxygen atoms in total. The predicted molar refractivity (Wildman–Crippen MR) is 131 cm³/mol. The summed E-state index contributed by atoms with van der Waals surface area (Å²) in [6.07, 6.45) is 9.57. The van der Waals surface area contributed by atoms with E-state index in [0.29, 0.717) is 38.9 Å². The minimum atomic E-state index is -3.60. The lowest BCUT2D eigenvalue weighted by atomic mass is 9.95. The molecule has 1 aromatic heterocycles. The molecule has 1 saturated heterocycles. The van der Waals surface area contributed by atoms with Crippen LogP contribution in [0.25, 0.3) is 0 Å². The van der Waals surface area contributed by atoms with Crippen LogP contribution in [-0.4, -0.2) is 63.7 Å². The van der Waals surface area contributed by atoms with E-state index in [9.17, 15) is 8.42 Å². The van der Waals surface area contributed by atoms with E-state index in [-0.39, 0.29) is 4.90 Å². The van der Waals surface area contributed by atoms with E-state index in [1.165, 1.54) is 19.3 Å². The van der Waals surface area contributed by atoms with Gasteiger partial charge in [-0.1, -0.05) is 19.3 Å². The highest BCUT2D eigenvalue weighted by molar-refractivity contribution is 7.89. The summed E-state index contributed by atoms with van der Waals surface area (Å²) in [7, 11) is -3.60. The Morgan fingerprint density at radius 2 is 1.76 bits per heavy atom. The summed E-state index contributed by atoms with van der Waals surface area (Å²) in [5.74, 6) is 0. The molecule has 0 radical (unpaired) electrons.